The summed E-state index contributed by atoms with van der Waals surface area (Å²) in [4.78, 5) is 11.8. The van der Waals surface area contributed by atoms with Gasteiger partial charge < -0.3 is 4.74 Å². The van der Waals surface area contributed by atoms with E-state index in [0.29, 0.717) is 5.57 Å². The second-order valence-electron chi connectivity index (χ2n) is 7.33. The molecular weight excluding hydrogens is 284 g/mol. The smallest absolute Gasteiger partial charge is 0.333 e. The first-order valence-electron chi connectivity index (χ1n) is 10.1. The summed E-state index contributed by atoms with van der Waals surface area (Å²) in [5.41, 5.74) is 0.522. The maximum absolute atomic E-state index is 11.8. The molecule has 0 N–H and O–H groups in total. The highest BCUT2D eigenvalue weighted by atomic mass is 16.5. The number of rotatable bonds is 2. The first-order valence-corrected chi connectivity index (χ1v) is 10.1. The molecule has 1 saturated carbocycles. The van der Waals surface area contributed by atoms with Gasteiger partial charge in [-0.1, -0.05) is 83.6 Å². The Morgan fingerprint density at radius 2 is 1.00 bits per heavy atom. The molecule has 0 heterocycles. The molecular formula is C21H38O2. The van der Waals surface area contributed by atoms with E-state index in [-0.39, 0.29) is 12.1 Å². The van der Waals surface area contributed by atoms with Gasteiger partial charge in [-0.15, -0.1) is 0 Å². The minimum Gasteiger partial charge on any atom is -0.459 e. The van der Waals surface area contributed by atoms with Crippen LogP contribution in [0, 0.1) is 0 Å². The van der Waals surface area contributed by atoms with E-state index in [0.717, 1.165) is 12.8 Å². The molecule has 0 radical (unpaired) electrons. The van der Waals surface area contributed by atoms with Gasteiger partial charge in [-0.3, -0.25) is 0 Å². The van der Waals surface area contributed by atoms with Crippen molar-refractivity contribution >= 4 is 5.97 Å². The molecule has 0 bridgehead atoms. The van der Waals surface area contributed by atoms with Gasteiger partial charge in [0.05, 0.1) is 0 Å². The van der Waals surface area contributed by atoms with E-state index in [1.807, 2.05) is 0 Å². The average Bonchev–Trinajstić information content (AvgIpc) is 2.53. The molecule has 1 rings (SSSR count). The Labute approximate surface area is 144 Å². The fourth-order valence-corrected chi connectivity index (χ4v) is 3.38. The summed E-state index contributed by atoms with van der Waals surface area (Å²) in [6, 6.07) is 0. The van der Waals surface area contributed by atoms with Gasteiger partial charge in [0, 0.05) is 5.57 Å². The van der Waals surface area contributed by atoms with Gasteiger partial charge in [0.25, 0.3) is 0 Å². The number of hydrogen-bond acceptors (Lipinski definition) is 2. The molecule has 1 aliphatic carbocycles. The molecule has 0 spiro atoms. The van der Waals surface area contributed by atoms with Crippen LogP contribution in [-0.4, -0.2) is 12.1 Å². The van der Waals surface area contributed by atoms with Crippen LogP contribution in [0.4, 0.5) is 0 Å². The van der Waals surface area contributed by atoms with Gasteiger partial charge in [-0.25, -0.2) is 4.79 Å². The highest BCUT2D eigenvalue weighted by Gasteiger charge is 2.14. The van der Waals surface area contributed by atoms with E-state index in [4.69, 9.17) is 4.74 Å². The van der Waals surface area contributed by atoms with Gasteiger partial charge in [0.15, 0.2) is 0 Å². The minimum absolute atomic E-state index is 0.106. The monoisotopic (exact) mass is 322 g/mol. The van der Waals surface area contributed by atoms with Crippen LogP contribution >= 0.6 is 0 Å². The normalized spacial score (nSPS) is 21.3. The molecule has 0 aromatic rings. The number of carbonyl (C=O) groups is 1. The molecule has 0 atom stereocenters. The topological polar surface area (TPSA) is 26.3 Å². The zero-order chi connectivity index (χ0) is 16.8. The first kappa shape index (κ1) is 20.3. The van der Waals surface area contributed by atoms with Gasteiger partial charge in [-0.05, 0) is 32.6 Å². The first-order chi connectivity index (χ1) is 11.2. The predicted molar refractivity (Wildman–Crippen MR) is 98.6 cm³/mol. The zero-order valence-electron chi connectivity index (χ0n) is 15.4. The van der Waals surface area contributed by atoms with Crippen LogP contribution < -0.4 is 0 Å². The highest BCUT2D eigenvalue weighted by Crippen LogP contribution is 2.19. The van der Waals surface area contributed by atoms with Crippen LogP contribution in [0.1, 0.15) is 110 Å². The van der Waals surface area contributed by atoms with Crippen LogP contribution in [0.5, 0.6) is 0 Å². The summed E-state index contributed by atoms with van der Waals surface area (Å²) in [6.45, 7) is 5.44. The lowest BCUT2D eigenvalue weighted by Crippen LogP contribution is -2.18. The van der Waals surface area contributed by atoms with Crippen LogP contribution in [0.15, 0.2) is 12.2 Å². The summed E-state index contributed by atoms with van der Waals surface area (Å²) in [5.74, 6) is -0.208. The third kappa shape index (κ3) is 11.4. The van der Waals surface area contributed by atoms with Crippen molar-refractivity contribution in [1.29, 1.82) is 0 Å². The Morgan fingerprint density at radius 3 is 1.30 bits per heavy atom. The van der Waals surface area contributed by atoms with Gasteiger partial charge >= 0.3 is 5.97 Å². The summed E-state index contributed by atoms with van der Waals surface area (Å²) < 4.78 is 5.64. The maximum atomic E-state index is 11.8. The van der Waals surface area contributed by atoms with E-state index in [9.17, 15) is 4.79 Å². The van der Waals surface area contributed by atoms with Crippen molar-refractivity contribution in [1.82, 2.24) is 0 Å². The lowest BCUT2D eigenvalue weighted by atomic mass is 10.0. The van der Waals surface area contributed by atoms with Crippen molar-refractivity contribution < 1.29 is 9.53 Å². The van der Waals surface area contributed by atoms with Crippen molar-refractivity contribution in [2.75, 3.05) is 0 Å². The van der Waals surface area contributed by atoms with E-state index in [1.165, 1.54) is 89.9 Å². The second kappa shape index (κ2) is 13.6. The molecule has 0 aliphatic heterocycles. The Bertz CT molecular complexity index is 304. The molecule has 0 saturated heterocycles. The molecule has 2 nitrogen and oxygen atoms in total. The summed E-state index contributed by atoms with van der Waals surface area (Å²) in [5, 5.41) is 0. The lowest BCUT2D eigenvalue weighted by molar-refractivity contribution is -0.145. The van der Waals surface area contributed by atoms with Crippen molar-refractivity contribution in [2.45, 2.75) is 116 Å². The second-order valence-corrected chi connectivity index (χ2v) is 7.33. The average molecular weight is 323 g/mol. The molecule has 2 heteroatoms. The standard InChI is InChI=1S/C21H38O2/c1-19(2)21(22)23-20-17-15-13-11-9-7-5-3-4-6-8-10-12-14-16-18-20/h20H,1,3-18H2,2H3. The Morgan fingerprint density at radius 1 is 0.696 bits per heavy atom. The number of ether oxygens (including phenoxy) is 1. The molecule has 0 aromatic carbocycles. The number of carbonyl (C=O) groups excluding carboxylic acids is 1. The van der Waals surface area contributed by atoms with E-state index in [2.05, 4.69) is 6.58 Å². The summed E-state index contributed by atoms with van der Waals surface area (Å²) in [7, 11) is 0. The molecule has 0 amide bonds. The Hall–Kier alpha value is -0.790. The number of hydrogen-bond donors (Lipinski definition) is 0. The molecule has 1 fully saturated rings. The third-order valence-electron chi connectivity index (χ3n) is 4.92. The predicted octanol–water partition coefficient (Wildman–Crippen LogP) is 6.73. The van der Waals surface area contributed by atoms with Crippen LogP contribution in [-0.2, 0) is 9.53 Å². The van der Waals surface area contributed by atoms with Crippen LogP contribution in [0.3, 0.4) is 0 Å². The fourth-order valence-electron chi connectivity index (χ4n) is 3.38. The molecule has 134 valence electrons. The molecule has 1 aliphatic rings. The fraction of sp³-hybridized carbons (Fsp3) is 0.857. The molecule has 0 unspecified atom stereocenters. The SMILES string of the molecule is C=C(C)C(=O)OC1CCCCCCCCCCCCCCCC1. The van der Waals surface area contributed by atoms with E-state index < -0.39 is 0 Å². The van der Waals surface area contributed by atoms with Crippen molar-refractivity contribution in [2.24, 2.45) is 0 Å². The van der Waals surface area contributed by atoms with Gasteiger partial charge in [0.2, 0.25) is 0 Å². The molecule has 0 aromatic heterocycles. The van der Waals surface area contributed by atoms with Crippen molar-refractivity contribution in [3.05, 3.63) is 12.2 Å². The summed E-state index contributed by atoms with van der Waals surface area (Å²) in [6.07, 6.45) is 21.0. The Balaban J connectivity index is 2.35. The Kier molecular flexibility index (Phi) is 12.0. The van der Waals surface area contributed by atoms with Crippen LogP contribution in [0.25, 0.3) is 0 Å². The summed E-state index contributed by atoms with van der Waals surface area (Å²) >= 11 is 0. The van der Waals surface area contributed by atoms with Gasteiger partial charge in [-0.2, -0.15) is 0 Å². The zero-order valence-corrected chi connectivity index (χ0v) is 15.4. The lowest BCUT2D eigenvalue weighted by Gasteiger charge is -2.18. The third-order valence-corrected chi connectivity index (χ3v) is 4.92. The van der Waals surface area contributed by atoms with Crippen molar-refractivity contribution in [3.8, 4) is 0 Å². The van der Waals surface area contributed by atoms with E-state index >= 15 is 0 Å². The molecule has 23 heavy (non-hydrogen) atoms. The highest BCUT2D eigenvalue weighted by molar-refractivity contribution is 5.87. The van der Waals surface area contributed by atoms with Gasteiger partial charge in [0.1, 0.15) is 6.10 Å². The minimum atomic E-state index is -0.208. The largest absolute Gasteiger partial charge is 0.459 e. The maximum Gasteiger partial charge on any atom is 0.333 e. The van der Waals surface area contributed by atoms with Crippen LogP contribution in [0.2, 0.25) is 0 Å². The van der Waals surface area contributed by atoms with E-state index in [1.54, 1.807) is 6.92 Å². The quantitative estimate of drug-likeness (QED) is 0.416. The number of esters is 1. The van der Waals surface area contributed by atoms with Crippen molar-refractivity contribution in [3.63, 3.8) is 0 Å².